The minimum Gasteiger partial charge on any atom is -0.487 e. The van der Waals surface area contributed by atoms with Gasteiger partial charge in [-0.3, -0.25) is 0 Å². The molecule has 4 rings (SSSR count). The molecule has 4 heteroatoms. The lowest BCUT2D eigenvalue weighted by atomic mass is 10.0. The van der Waals surface area contributed by atoms with E-state index >= 15 is 0 Å². The number of carboxylic acid groups (broad SMARTS) is 1. The van der Waals surface area contributed by atoms with Gasteiger partial charge >= 0.3 is 5.97 Å². The maximum atomic E-state index is 11.5. The van der Waals surface area contributed by atoms with Gasteiger partial charge in [0.15, 0.2) is 0 Å². The largest absolute Gasteiger partial charge is 0.487 e. The molecule has 0 unspecified atom stereocenters. The van der Waals surface area contributed by atoms with E-state index in [0.717, 1.165) is 22.2 Å². The van der Waals surface area contributed by atoms with E-state index in [1.807, 2.05) is 66.7 Å². The third-order valence-corrected chi connectivity index (χ3v) is 4.71. The van der Waals surface area contributed by atoms with E-state index in [1.54, 1.807) is 19.1 Å². The summed E-state index contributed by atoms with van der Waals surface area (Å²) < 4.78 is 5.89. The zero-order valence-electron chi connectivity index (χ0n) is 16.4. The fraction of sp³-hybridized carbons (Fsp3) is 0.0769. The smallest absolute Gasteiger partial charge is 0.337 e. The summed E-state index contributed by atoms with van der Waals surface area (Å²) >= 11 is 0. The first-order valence-electron chi connectivity index (χ1n) is 9.52. The Morgan fingerprint density at radius 3 is 2.67 bits per heavy atom. The van der Waals surface area contributed by atoms with Gasteiger partial charge in [0, 0.05) is 16.5 Å². The van der Waals surface area contributed by atoms with Crippen LogP contribution in [-0.4, -0.2) is 16.1 Å². The molecule has 0 fully saturated rings. The van der Waals surface area contributed by atoms with E-state index < -0.39 is 5.97 Å². The first kappa shape index (κ1) is 19.2. The second-order valence-corrected chi connectivity index (χ2v) is 6.86. The summed E-state index contributed by atoms with van der Waals surface area (Å²) in [6.07, 6.45) is 0. The van der Waals surface area contributed by atoms with Crippen molar-refractivity contribution < 1.29 is 14.6 Å². The van der Waals surface area contributed by atoms with Crippen molar-refractivity contribution in [3.05, 3.63) is 107 Å². The standard InChI is InChI=1S/C26H19NO3/c1-18-6-4-9-21(25(18)26(28)29)13-12-19-7-5-10-23(16-19)30-17-22-15-14-20-8-2-3-11-24(20)27-22/h2-11,14-16H,17H2,1H3,(H,28,29). The number of carbonyl (C=O) groups is 1. The SMILES string of the molecule is Cc1cccc(C#Cc2cccc(OCc3ccc4ccccc4n3)c2)c1C(=O)O. The molecule has 3 aromatic carbocycles. The lowest BCUT2D eigenvalue weighted by molar-refractivity contribution is 0.0696. The van der Waals surface area contributed by atoms with E-state index in [-0.39, 0.29) is 5.56 Å². The summed E-state index contributed by atoms with van der Waals surface area (Å²) in [4.78, 5) is 16.1. The Labute approximate surface area is 174 Å². The summed E-state index contributed by atoms with van der Waals surface area (Å²) in [6, 6.07) is 24.7. The van der Waals surface area contributed by atoms with Gasteiger partial charge in [0.05, 0.1) is 16.8 Å². The van der Waals surface area contributed by atoms with E-state index in [9.17, 15) is 9.90 Å². The van der Waals surface area contributed by atoms with Crippen molar-refractivity contribution in [2.24, 2.45) is 0 Å². The predicted octanol–water partition coefficient (Wildman–Crippen LogP) is 5.22. The highest BCUT2D eigenvalue weighted by Crippen LogP contribution is 2.17. The van der Waals surface area contributed by atoms with E-state index in [2.05, 4.69) is 16.8 Å². The molecule has 0 aliphatic heterocycles. The number of nitrogens with zero attached hydrogens (tertiary/aromatic N) is 1. The number of aromatic carboxylic acids is 1. The molecule has 1 N–H and O–H groups in total. The van der Waals surface area contributed by atoms with Gasteiger partial charge in [0.2, 0.25) is 0 Å². The average molecular weight is 393 g/mol. The van der Waals surface area contributed by atoms with Gasteiger partial charge in [0.25, 0.3) is 0 Å². The Bertz CT molecular complexity index is 1300. The van der Waals surface area contributed by atoms with Crippen LogP contribution >= 0.6 is 0 Å². The lowest BCUT2D eigenvalue weighted by Gasteiger charge is -2.07. The van der Waals surface area contributed by atoms with Crippen molar-refractivity contribution in [2.75, 3.05) is 0 Å². The number of hydrogen-bond acceptors (Lipinski definition) is 3. The molecule has 0 bridgehead atoms. The van der Waals surface area contributed by atoms with Crippen LogP contribution < -0.4 is 4.74 Å². The zero-order valence-corrected chi connectivity index (χ0v) is 16.4. The first-order chi connectivity index (χ1) is 14.6. The number of fused-ring (bicyclic) bond motifs is 1. The number of rotatable bonds is 4. The Morgan fingerprint density at radius 1 is 0.967 bits per heavy atom. The van der Waals surface area contributed by atoms with Crippen molar-refractivity contribution >= 4 is 16.9 Å². The Hall–Kier alpha value is -4.10. The Balaban J connectivity index is 1.52. The van der Waals surface area contributed by atoms with Gasteiger partial charge < -0.3 is 9.84 Å². The Morgan fingerprint density at radius 2 is 1.80 bits per heavy atom. The highest BCUT2D eigenvalue weighted by atomic mass is 16.5. The van der Waals surface area contributed by atoms with Gasteiger partial charge in [0.1, 0.15) is 12.4 Å². The summed E-state index contributed by atoms with van der Waals surface area (Å²) in [6.45, 7) is 2.12. The quantitative estimate of drug-likeness (QED) is 0.483. The molecule has 0 aliphatic carbocycles. The number of para-hydroxylation sites is 1. The highest BCUT2D eigenvalue weighted by molar-refractivity contribution is 5.92. The third kappa shape index (κ3) is 4.31. The third-order valence-electron chi connectivity index (χ3n) is 4.71. The minimum absolute atomic E-state index is 0.236. The number of aryl methyl sites for hydroxylation is 1. The van der Waals surface area contributed by atoms with Crippen LogP contribution in [0.2, 0.25) is 0 Å². The molecule has 0 saturated carbocycles. The molecular weight excluding hydrogens is 374 g/mol. The molecule has 0 saturated heterocycles. The van der Waals surface area contributed by atoms with E-state index in [4.69, 9.17) is 4.74 Å². The number of aromatic nitrogens is 1. The maximum Gasteiger partial charge on any atom is 0.337 e. The molecular formula is C26H19NO3. The predicted molar refractivity (Wildman–Crippen MR) is 117 cm³/mol. The molecule has 1 aromatic heterocycles. The van der Waals surface area contributed by atoms with Crippen LogP contribution in [0, 0.1) is 18.8 Å². The van der Waals surface area contributed by atoms with Crippen LogP contribution in [0.5, 0.6) is 5.75 Å². The van der Waals surface area contributed by atoms with Crippen molar-refractivity contribution in [3.8, 4) is 17.6 Å². The maximum absolute atomic E-state index is 11.5. The van der Waals surface area contributed by atoms with E-state index in [1.165, 1.54) is 0 Å². The number of carboxylic acids is 1. The Kier molecular flexibility index (Phi) is 5.45. The minimum atomic E-state index is -0.975. The van der Waals surface area contributed by atoms with Crippen LogP contribution in [0.1, 0.15) is 32.7 Å². The molecule has 0 aliphatic rings. The second-order valence-electron chi connectivity index (χ2n) is 6.86. The van der Waals surface area contributed by atoms with Gasteiger partial charge in [-0.2, -0.15) is 0 Å². The summed E-state index contributed by atoms with van der Waals surface area (Å²) in [5.74, 6) is 5.72. The number of pyridine rings is 1. The van der Waals surface area contributed by atoms with Crippen LogP contribution in [0.3, 0.4) is 0 Å². The first-order valence-corrected chi connectivity index (χ1v) is 9.52. The molecule has 0 radical (unpaired) electrons. The fourth-order valence-corrected chi connectivity index (χ4v) is 3.20. The molecule has 4 aromatic rings. The fourth-order valence-electron chi connectivity index (χ4n) is 3.20. The van der Waals surface area contributed by atoms with Crippen molar-refractivity contribution in [3.63, 3.8) is 0 Å². The lowest BCUT2D eigenvalue weighted by Crippen LogP contribution is -2.03. The molecule has 146 valence electrons. The molecule has 4 nitrogen and oxygen atoms in total. The topological polar surface area (TPSA) is 59.4 Å². The van der Waals surface area contributed by atoms with E-state index in [0.29, 0.717) is 23.5 Å². The molecule has 30 heavy (non-hydrogen) atoms. The number of hydrogen-bond donors (Lipinski definition) is 1. The van der Waals surface area contributed by atoms with Gasteiger partial charge in [-0.1, -0.05) is 54.3 Å². The van der Waals surface area contributed by atoms with Gasteiger partial charge in [-0.05, 0) is 48.9 Å². The molecule has 0 atom stereocenters. The number of benzene rings is 3. The summed E-state index contributed by atoms with van der Waals surface area (Å²) in [5.41, 5.74) is 3.95. The molecule has 1 heterocycles. The van der Waals surface area contributed by atoms with Crippen LogP contribution in [0.4, 0.5) is 0 Å². The normalized spacial score (nSPS) is 10.3. The van der Waals surface area contributed by atoms with Gasteiger partial charge in [-0.25, -0.2) is 9.78 Å². The molecule has 0 amide bonds. The van der Waals surface area contributed by atoms with Crippen LogP contribution in [-0.2, 0) is 6.61 Å². The molecule has 0 spiro atoms. The van der Waals surface area contributed by atoms with Crippen LogP contribution in [0.25, 0.3) is 10.9 Å². The van der Waals surface area contributed by atoms with Crippen molar-refractivity contribution in [2.45, 2.75) is 13.5 Å². The second kappa shape index (κ2) is 8.50. The van der Waals surface area contributed by atoms with Gasteiger partial charge in [-0.15, -0.1) is 0 Å². The van der Waals surface area contributed by atoms with Crippen molar-refractivity contribution in [1.82, 2.24) is 4.98 Å². The van der Waals surface area contributed by atoms with Crippen LogP contribution in [0.15, 0.2) is 78.9 Å². The summed E-state index contributed by atoms with van der Waals surface area (Å²) in [5, 5.41) is 10.5. The number of ether oxygens (including phenoxy) is 1. The highest BCUT2D eigenvalue weighted by Gasteiger charge is 2.11. The van der Waals surface area contributed by atoms with Crippen molar-refractivity contribution in [1.29, 1.82) is 0 Å². The average Bonchev–Trinajstić information content (AvgIpc) is 2.76. The zero-order chi connectivity index (χ0) is 20.9. The monoisotopic (exact) mass is 393 g/mol. The summed E-state index contributed by atoms with van der Waals surface area (Å²) in [7, 11) is 0.